The van der Waals surface area contributed by atoms with E-state index in [0.29, 0.717) is 18.1 Å². The van der Waals surface area contributed by atoms with Gasteiger partial charge in [-0.15, -0.1) is 0 Å². The molecule has 1 fully saturated rings. The number of aromatic nitrogens is 2. The Morgan fingerprint density at radius 1 is 1.67 bits per heavy atom. The highest BCUT2D eigenvalue weighted by molar-refractivity contribution is 7.99. The van der Waals surface area contributed by atoms with E-state index in [-0.39, 0.29) is 18.0 Å². The third-order valence-electron chi connectivity index (χ3n) is 2.91. The van der Waals surface area contributed by atoms with Gasteiger partial charge in [-0.3, -0.25) is 9.59 Å². The molecule has 1 N–H and O–H groups in total. The van der Waals surface area contributed by atoms with Gasteiger partial charge in [0, 0.05) is 37.5 Å². The van der Waals surface area contributed by atoms with E-state index in [2.05, 4.69) is 4.98 Å². The van der Waals surface area contributed by atoms with Crippen LogP contribution < -0.4 is 10.5 Å². The van der Waals surface area contributed by atoms with Crippen LogP contribution in [0.2, 0.25) is 0 Å². The van der Waals surface area contributed by atoms with Crippen LogP contribution in [0.1, 0.15) is 6.42 Å². The third-order valence-corrected chi connectivity index (χ3v) is 4.00. The summed E-state index contributed by atoms with van der Waals surface area (Å²) in [6.07, 6.45) is 3.19. The zero-order valence-corrected chi connectivity index (χ0v) is 10.9. The number of hydrogen-bond donors (Lipinski definition) is 1. The smallest absolute Gasteiger partial charge is 0.305 e. The number of carboxylic acids is 1. The highest BCUT2D eigenvalue weighted by Gasteiger charge is 2.27. The van der Waals surface area contributed by atoms with Crippen molar-refractivity contribution in [2.45, 2.75) is 12.5 Å². The second-order valence-corrected chi connectivity index (χ2v) is 5.34. The van der Waals surface area contributed by atoms with Gasteiger partial charge < -0.3 is 14.6 Å². The molecular formula is C11H15N3O3S. The van der Waals surface area contributed by atoms with Gasteiger partial charge >= 0.3 is 5.97 Å². The molecule has 0 radical (unpaired) electrons. The number of anilines is 1. The van der Waals surface area contributed by atoms with Crippen LogP contribution in [0.15, 0.2) is 17.2 Å². The lowest BCUT2D eigenvalue weighted by Crippen LogP contribution is -2.47. The van der Waals surface area contributed by atoms with Crippen molar-refractivity contribution in [1.82, 2.24) is 9.55 Å². The van der Waals surface area contributed by atoms with Crippen LogP contribution in [0, 0.1) is 0 Å². The molecule has 2 rings (SSSR count). The predicted molar refractivity (Wildman–Crippen MR) is 70.2 cm³/mol. The van der Waals surface area contributed by atoms with E-state index in [9.17, 15) is 9.59 Å². The van der Waals surface area contributed by atoms with Crippen LogP contribution in [-0.4, -0.2) is 44.7 Å². The van der Waals surface area contributed by atoms with Crippen LogP contribution in [0.4, 0.5) is 5.82 Å². The fraction of sp³-hybridized carbons (Fsp3) is 0.545. The molecule has 2 heterocycles. The summed E-state index contributed by atoms with van der Waals surface area (Å²) in [5, 5.41) is 8.91. The number of nitrogens with zero attached hydrogens (tertiary/aromatic N) is 3. The van der Waals surface area contributed by atoms with Gasteiger partial charge in [0.2, 0.25) is 0 Å². The molecule has 1 saturated heterocycles. The SMILES string of the molecule is Cn1ccnc(N2CCSCC2CC(=O)O)c1=O. The zero-order chi connectivity index (χ0) is 13.1. The summed E-state index contributed by atoms with van der Waals surface area (Å²) in [5.74, 6) is 1.11. The Morgan fingerprint density at radius 2 is 2.44 bits per heavy atom. The Balaban J connectivity index is 2.31. The Labute approximate surface area is 109 Å². The third kappa shape index (κ3) is 2.66. The second kappa shape index (κ2) is 5.43. The number of hydrogen-bond acceptors (Lipinski definition) is 5. The Bertz CT molecular complexity index is 503. The maximum absolute atomic E-state index is 12.0. The van der Waals surface area contributed by atoms with E-state index in [1.807, 2.05) is 4.90 Å². The Hall–Kier alpha value is -1.50. The summed E-state index contributed by atoms with van der Waals surface area (Å²) in [6.45, 7) is 0.662. The first kappa shape index (κ1) is 12.9. The molecule has 0 aliphatic carbocycles. The molecule has 0 saturated carbocycles. The van der Waals surface area contributed by atoms with Gasteiger partial charge in [-0.25, -0.2) is 4.98 Å². The van der Waals surface area contributed by atoms with Gasteiger partial charge in [-0.2, -0.15) is 11.8 Å². The van der Waals surface area contributed by atoms with Crippen LogP contribution in [0.3, 0.4) is 0 Å². The lowest BCUT2D eigenvalue weighted by atomic mass is 10.2. The number of aliphatic carboxylic acids is 1. The monoisotopic (exact) mass is 269 g/mol. The lowest BCUT2D eigenvalue weighted by molar-refractivity contribution is -0.137. The van der Waals surface area contributed by atoms with Crippen molar-refractivity contribution in [3.63, 3.8) is 0 Å². The molecule has 18 heavy (non-hydrogen) atoms. The first-order chi connectivity index (χ1) is 8.59. The molecule has 0 bridgehead atoms. The predicted octanol–water partition coefficient (Wildman–Crippen LogP) is 0.177. The molecule has 98 valence electrons. The molecule has 1 aliphatic rings. The highest BCUT2D eigenvalue weighted by Crippen LogP contribution is 2.21. The quantitative estimate of drug-likeness (QED) is 0.843. The number of rotatable bonds is 3. The number of thioether (sulfide) groups is 1. The fourth-order valence-electron chi connectivity index (χ4n) is 1.99. The van der Waals surface area contributed by atoms with Gasteiger partial charge in [0.05, 0.1) is 12.5 Å². The first-order valence-electron chi connectivity index (χ1n) is 5.67. The van der Waals surface area contributed by atoms with Crippen molar-refractivity contribution in [3.05, 3.63) is 22.7 Å². The molecule has 0 aromatic carbocycles. The number of aryl methyl sites for hydroxylation is 1. The molecular weight excluding hydrogens is 254 g/mol. The average molecular weight is 269 g/mol. The van der Waals surface area contributed by atoms with Crippen molar-refractivity contribution in [3.8, 4) is 0 Å². The summed E-state index contributed by atoms with van der Waals surface area (Å²) in [7, 11) is 1.67. The van der Waals surface area contributed by atoms with Crippen molar-refractivity contribution >= 4 is 23.5 Å². The molecule has 0 amide bonds. The summed E-state index contributed by atoms with van der Waals surface area (Å²) in [6, 6.07) is -0.163. The van der Waals surface area contributed by atoms with Crippen molar-refractivity contribution in [2.75, 3.05) is 23.0 Å². The van der Waals surface area contributed by atoms with Gasteiger partial charge in [0.15, 0.2) is 5.82 Å². The topological polar surface area (TPSA) is 75.4 Å². The van der Waals surface area contributed by atoms with Crippen molar-refractivity contribution < 1.29 is 9.90 Å². The van der Waals surface area contributed by atoms with Crippen LogP contribution in [0.25, 0.3) is 0 Å². The Morgan fingerprint density at radius 3 is 3.17 bits per heavy atom. The van der Waals surface area contributed by atoms with Gasteiger partial charge in [0.1, 0.15) is 0 Å². The van der Waals surface area contributed by atoms with Crippen LogP contribution >= 0.6 is 11.8 Å². The highest BCUT2D eigenvalue weighted by atomic mass is 32.2. The molecule has 0 spiro atoms. The van der Waals surface area contributed by atoms with Crippen LogP contribution in [0.5, 0.6) is 0 Å². The van der Waals surface area contributed by atoms with E-state index in [0.717, 1.165) is 5.75 Å². The maximum atomic E-state index is 12.0. The normalized spacial score (nSPS) is 19.8. The molecule has 1 aliphatic heterocycles. The van der Waals surface area contributed by atoms with Crippen molar-refractivity contribution in [1.29, 1.82) is 0 Å². The molecule has 7 heteroatoms. The maximum Gasteiger partial charge on any atom is 0.305 e. The van der Waals surface area contributed by atoms with E-state index in [4.69, 9.17) is 5.11 Å². The van der Waals surface area contributed by atoms with Gasteiger partial charge in [-0.05, 0) is 0 Å². The Kier molecular flexibility index (Phi) is 3.90. The minimum atomic E-state index is -0.847. The largest absolute Gasteiger partial charge is 0.481 e. The summed E-state index contributed by atoms with van der Waals surface area (Å²) in [4.78, 5) is 28.8. The van der Waals surface area contributed by atoms with Crippen LogP contribution in [-0.2, 0) is 11.8 Å². The van der Waals surface area contributed by atoms with E-state index >= 15 is 0 Å². The first-order valence-corrected chi connectivity index (χ1v) is 6.83. The molecule has 1 unspecified atom stereocenters. The zero-order valence-electron chi connectivity index (χ0n) is 10.1. The molecule has 1 atom stereocenters. The number of carboxylic acid groups (broad SMARTS) is 1. The minimum absolute atomic E-state index is 0.0345. The number of carbonyl (C=O) groups is 1. The lowest BCUT2D eigenvalue weighted by Gasteiger charge is -2.34. The summed E-state index contributed by atoms with van der Waals surface area (Å²) >= 11 is 1.71. The van der Waals surface area contributed by atoms with E-state index < -0.39 is 5.97 Å². The standard InChI is InChI=1S/C11H15N3O3S/c1-13-3-2-12-10(11(13)17)14-4-5-18-7-8(14)6-9(15)16/h2-3,8H,4-7H2,1H3,(H,15,16). The molecule has 6 nitrogen and oxygen atoms in total. The van der Waals surface area contributed by atoms with Gasteiger partial charge in [0.25, 0.3) is 5.56 Å². The minimum Gasteiger partial charge on any atom is -0.481 e. The summed E-state index contributed by atoms with van der Waals surface area (Å²) < 4.78 is 1.46. The van der Waals surface area contributed by atoms with E-state index in [1.54, 1.807) is 31.2 Å². The second-order valence-electron chi connectivity index (χ2n) is 4.19. The average Bonchev–Trinajstić information content (AvgIpc) is 2.33. The van der Waals surface area contributed by atoms with E-state index in [1.165, 1.54) is 4.57 Å². The van der Waals surface area contributed by atoms with Gasteiger partial charge in [-0.1, -0.05) is 0 Å². The fourth-order valence-corrected chi connectivity index (χ4v) is 3.05. The summed E-state index contributed by atoms with van der Waals surface area (Å²) in [5.41, 5.74) is -0.181. The molecule has 1 aromatic heterocycles. The molecule has 1 aromatic rings. The van der Waals surface area contributed by atoms with Crippen molar-refractivity contribution in [2.24, 2.45) is 7.05 Å².